The van der Waals surface area contributed by atoms with E-state index >= 15 is 0 Å². The van der Waals surface area contributed by atoms with Crippen molar-refractivity contribution in [2.75, 3.05) is 17.3 Å². The molecule has 8 nitrogen and oxygen atoms in total. The molecule has 0 radical (unpaired) electrons. The monoisotopic (exact) mass is 422 g/mol. The van der Waals surface area contributed by atoms with E-state index in [0.717, 1.165) is 15.9 Å². The predicted molar refractivity (Wildman–Crippen MR) is 117 cm³/mol. The Labute approximate surface area is 177 Å². The maximum absolute atomic E-state index is 12.7. The Balaban J connectivity index is 1.57. The molecule has 4 rings (SSSR count). The van der Waals surface area contributed by atoms with E-state index in [4.69, 9.17) is 11.6 Å². The Bertz CT molecular complexity index is 1280. The summed E-state index contributed by atoms with van der Waals surface area (Å²) in [6.45, 7) is 1.78. The second-order valence-corrected chi connectivity index (χ2v) is 7.23. The molecular weight excluding hydrogens is 404 g/mol. The predicted octanol–water partition coefficient (Wildman–Crippen LogP) is 3.26. The molecule has 4 aromatic rings. The highest BCUT2D eigenvalue weighted by Crippen LogP contribution is 2.24. The van der Waals surface area contributed by atoms with Gasteiger partial charge in [0.05, 0.1) is 10.7 Å². The minimum atomic E-state index is -0.444. The normalized spacial score (nSPS) is 10.9. The van der Waals surface area contributed by atoms with E-state index in [2.05, 4.69) is 15.4 Å². The molecule has 0 bridgehead atoms. The highest BCUT2D eigenvalue weighted by atomic mass is 35.5. The maximum Gasteiger partial charge on any atom is 0.352 e. The van der Waals surface area contributed by atoms with Crippen molar-refractivity contribution in [3.05, 3.63) is 81.9 Å². The molecular formula is C21H19ClN6O2. The third-order valence-electron chi connectivity index (χ3n) is 4.65. The number of rotatable bonds is 5. The van der Waals surface area contributed by atoms with Crippen molar-refractivity contribution in [1.82, 2.24) is 19.2 Å². The number of hydrogen-bond acceptors (Lipinski definition) is 5. The average molecular weight is 423 g/mol. The van der Waals surface area contributed by atoms with Crippen molar-refractivity contribution in [3.8, 4) is 0 Å². The lowest BCUT2D eigenvalue weighted by atomic mass is 10.2. The molecule has 2 heterocycles. The molecule has 1 amide bonds. The van der Waals surface area contributed by atoms with Gasteiger partial charge in [0.2, 0.25) is 5.91 Å². The number of halogens is 1. The number of fused-ring (bicyclic) bond motifs is 1. The second kappa shape index (κ2) is 8.00. The molecule has 0 unspecified atom stereocenters. The minimum Gasteiger partial charge on any atom is -0.340 e. The van der Waals surface area contributed by atoms with Gasteiger partial charge in [-0.25, -0.2) is 13.9 Å². The van der Waals surface area contributed by atoms with Gasteiger partial charge in [0, 0.05) is 18.9 Å². The quantitative estimate of drug-likeness (QED) is 0.533. The van der Waals surface area contributed by atoms with E-state index in [1.54, 1.807) is 43.6 Å². The summed E-state index contributed by atoms with van der Waals surface area (Å²) in [4.78, 5) is 31.0. The molecule has 152 valence electrons. The fourth-order valence-corrected chi connectivity index (χ4v) is 3.22. The van der Waals surface area contributed by atoms with Crippen LogP contribution in [0.4, 0.5) is 17.2 Å². The summed E-state index contributed by atoms with van der Waals surface area (Å²) >= 11 is 6.16. The SMILES string of the molecule is Cc1ccc(Nc2ccn3c(=O)n(CC(=O)N(C)c4ccccc4Cl)nc3n2)cc1. The Morgan fingerprint density at radius 3 is 2.60 bits per heavy atom. The van der Waals surface area contributed by atoms with Gasteiger partial charge >= 0.3 is 5.69 Å². The first-order valence-corrected chi connectivity index (χ1v) is 9.61. The third kappa shape index (κ3) is 3.90. The molecule has 30 heavy (non-hydrogen) atoms. The van der Waals surface area contributed by atoms with E-state index in [1.807, 2.05) is 31.2 Å². The van der Waals surface area contributed by atoms with E-state index < -0.39 is 5.69 Å². The first-order chi connectivity index (χ1) is 14.4. The van der Waals surface area contributed by atoms with Crippen LogP contribution in [-0.4, -0.2) is 32.1 Å². The van der Waals surface area contributed by atoms with Crippen molar-refractivity contribution < 1.29 is 4.79 Å². The van der Waals surface area contributed by atoms with Crippen LogP contribution in [0.3, 0.4) is 0 Å². The summed E-state index contributed by atoms with van der Waals surface area (Å²) in [6.07, 6.45) is 1.58. The lowest BCUT2D eigenvalue weighted by Crippen LogP contribution is -2.34. The number of carbonyl (C=O) groups excluding carboxylic acids is 1. The molecule has 2 aromatic heterocycles. The van der Waals surface area contributed by atoms with Gasteiger partial charge in [0.1, 0.15) is 12.4 Å². The summed E-state index contributed by atoms with van der Waals surface area (Å²) in [7, 11) is 1.60. The minimum absolute atomic E-state index is 0.199. The van der Waals surface area contributed by atoms with Crippen LogP contribution < -0.4 is 15.9 Å². The molecule has 0 aliphatic heterocycles. The van der Waals surface area contributed by atoms with Crippen LogP contribution >= 0.6 is 11.6 Å². The summed E-state index contributed by atoms with van der Waals surface area (Å²) in [5.74, 6) is 0.417. The van der Waals surface area contributed by atoms with Crippen LogP contribution in [0.2, 0.25) is 5.02 Å². The van der Waals surface area contributed by atoms with E-state index in [-0.39, 0.29) is 18.2 Å². The third-order valence-corrected chi connectivity index (χ3v) is 4.97. The Morgan fingerprint density at radius 1 is 1.13 bits per heavy atom. The number of amides is 1. The number of hydrogen-bond donors (Lipinski definition) is 1. The molecule has 0 atom stereocenters. The van der Waals surface area contributed by atoms with Gasteiger partial charge in [-0.3, -0.25) is 4.79 Å². The Morgan fingerprint density at radius 2 is 1.87 bits per heavy atom. The van der Waals surface area contributed by atoms with Crippen LogP contribution in [-0.2, 0) is 11.3 Å². The summed E-state index contributed by atoms with van der Waals surface area (Å²) < 4.78 is 2.39. The molecule has 0 saturated heterocycles. The zero-order valence-corrected chi connectivity index (χ0v) is 17.2. The number of aromatic nitrogens is 4. The van der Waals surface area contributed by atoms with Crippen molar-refractivity contribution in [2.45, 2.75) is 13.5 Å². The first kappa shape index (κ1) is 19.7. The number of para-hydroxylation sites is 1. The van der Waals surface area contributed by atoms with Crippen molar-refractivity contribution in [1.29, 1.82) is 0 Å². The van der Waals surface area contributed by atoms with Crippen LogP contribution in [0.5, 0.6) is 0 Å². The molecule has 1 N–H and O–H groups in total. The van der Waals surface area contributed by atoms with Gasteiger partial charge in [-0.2, -0.15) is 4.98 Å². The van der Waals surface area contributed by atoms with Gasteiger partial charge < -0.3 is 10.2 Å². The number of aryl methyl sites for hydroxylation is 1. The number of nitrogens with one attached hydrogen (secondary N) is 1. The standard InChI is InChI=1S/C21H19ClN6O2/c1-14-7-9-15(10-8-14)23-18-11-12-27-20(24-18)25-28(21(27)30)13-19(29)26(2)17-6-4-3-5-16(17)22/h3-12H,13H2,1-2H3,(H,23,24,25). The number of nitrogens with zero attached hydrogens (tertiary/aromatic N) is 5. The molecule has 2 aromatic carbocycles. The highest BCUT2D eigenvalue weighted by Gasteiger charge is 2.17. The number of likely N-dealkylation sites (N-methyl/N-ethyl adjacent to an activating group) is 1. The highest BCUT2D eigenvalue weighted by molar-refractivity contribution is 6.33. The van der Waals surface area contributed by atoms with Crippen LogP contribution in [0, 0.1) is 6.92 Å². The number of carbonyl (C=O) groups is 1. The fourth-order valence-electron chi connectivity index (χ4n) is 2.96. The molecule has 0 fully saturated rings. The Hall–Kier alpha value is -3.65. The maximum atomic E-state index is 12.7. The van der Waals surface area contributed by atoms with Crippen molar-refractivity contribution in [3.63, 3.8) is 0 Å². The number of anilines is 3. The Kier molecular flexibility index (Phi) is 5.24. The average Bonchev–Trinajstić information content (AvgIpc) is 3.04. The lowest BCUT2D eigenvalue weighted by molar-refractivity contribution is -0.119. The molecule has 0 saturated carbocycles. The molecule has 0 spiro atoms. The van der Waals surface area contributed by atoms with Crippen LogP contribution in [0.1, 0.15) is 5.56 Å². The summed E-state index contributed by atoms with van der Waals surface area (Å²) in [6, 6.07) is 16.5. The van der Waals surface area contributed by atoms with Gasteiger partial charge in [0.15, 0.2) is 0 Å². The largest absolute Gasteiger partial charge is 0.352 e. The van der Waals surface area contributed by atoms with Gasteiger partial charge in [-0.05, 0) is 37.3 Å². The summed E-state index contributed by atoms with van der Waals surface area (Å²) in [5.41, 5.74) is 2.14. The fraction of sp³-hybridized carbons (Fsp3) is 0.143. The lowest BCUT2D eigenvalue weighted by Gasteiger charge is -2.18. The van der Waals surface area contributed by atoms with Gasteiger partial charge in [0.25, 0.3) is 5.78 Å². The van der Waals surface area contributed by atoms with Crippen LogP contribution in [0.15, 0.2) is 65.6 Å². The van der Waals surface area contributed by atoms with Crippen molar-refractivity contribution >= 4 is 40.5 Å². The molecule has 0 aliphatic carbocycles. The van der Waals surface area contributed by atoms with Gasteiger partial charge in [-0.15, -0.1) is 5.10 Å². The molecule has 9 heteroatoms. The van der Waals surface area contributed by atoms with Crippen molar-refractivity contribution in [2.24, 2.45) is 0 Å². The number of benzene rings is 2. The van der Waals surface area contributed by atoms with E-state index in [0.29, 0.717) is 16.5 Å². The molecule has 0 aliphatic rings. The zero-order chi connectivity index (χ0) is 21.3. The van der Waals surface area contributed by atoms with E-state index in [9.17, 15) is 9.59 Å². The zero-order valence-electron chi connectivity index (χ0n) is 16.4. The summed E-state index contributed by atoms with van der Waals surface area (Å²) in [5, 5.41) is 7.82. The van der Waals surface area contributed by atoms with E-state index in [1.165, 1.54) is 9.30 Å². The van der Waals surface area contributed by atoms with Gasteiger partial charge in [-0.1, -0.05) is 41.4 Å². The van der Waals surface area contributed by atoms with Crippen LogP contribution in [0.25, 0.3) is 5.78 Å². The topological polar surface area (TPSA) is 84.5 Å². The first-order valence-electron chi connectivity index (χ1n) is 9.23. The second-order valence-electron chi connectivity index (χ2n) is 6.82. The smallest absolute Gasteiger partial charge is 0.340 e.